The first-order valence-electron chi connectivity index (χ1n) is 5.40. The molecule has 4 nitrogen and oxygen atoms in total. The van der Waals surface area contributed by atoms with E-state index in [9.17, 15) is 4.79 Å². The summed E-state index contributed by atoms with van der Waals surface area (Å²) < 4.78 is 10.3. The van der Waals surface area contributed by atoms with Gasteiger partial charge in [0.2, 0.25) is 0 Å². The average molecular weight is 215 g/mol. The highest BCUT2D eigenvalue weighted by molar-refractivity contribution is 5.67. The van der Waals surface area contributed by atoms with Crippen LogP contribution in [-0.4, -0.2) is 31.5 Å². The summed E-state index contributed by atoms with van der Waals surface area (Å²) in [4.78, 5) is 11.3. The second-order valence-corrected chi connectivity index (χ2v) is 5.08. The van der Waals surface area contributed by atoms with Crippen LogP contribution in [0.15, 0.2) is 0 Å². The lowest BCUT2D eigenvalue weighted by molar-refractivity contribution is -0.000681. The van der Waals surface area contributed by atoms with E-state index in [0.717, 1.165) is 12.8 Å². The molecule has 0 aromatic rings. The maximum absolute atomic E-state index is 11.3. The quantitative estimate of drug-likeness (QED) is 0.782. The largest absolute Gasteiger partial charge is 0.444 e. The van der Waals surface area contributed by atoms with Gasteiger partial charge >= 0.3 is 6.09 Å². The first-order valence-corrected chi connectivity index (χ1v) is 5.40. The number of hydrogen-bond acceptors (Lipinski definition) is 3. The Labute approximate surface area is 91.3 Å². The molecule has 0 saturated heterocycles. The van der Waals surface area contributed by atoms with Crippen LogP contribution in [0.4, 0.5) is 4.79 Å². The molecule has 88 valence electrons. The molecule has 0 heterocycles. The predicted molar refractivity (Wildman–Crippen MR) is 57.8 cm³/mol. The van der Waals surface area contributed by atoms with Gasteiger partial charge in [-0.15, -0.1) is 0 Å². The fourth-order valence-electron chi connectivity index (χ4n) is 1.58. The van der Waals surface area contributed by atoms with E-state index in [4.69, 9.17) is 9.47 Å². The zero-order chi connectivity index (χ0) is 11.5. The molecular formula is C11H21NO3. The van der Waals surface area contributed by atoms with Crippen LogP contribution in [0.1, 0.15) is 33.6 Å². The van der Waals surface area contributed by atoms with Crippen molar-refractivity contribution in [3.8, 4) is 0 Å². The second-order valence-electron chi connectivity index (χ2n) is 5.08. The fraction of sp³-hybridized carbons (Fsp3) is 0.909. The van der Waals surface area contributed by atoms with Crippen molar-refractivity contribution in [2.45, 2.75) is 45.3 Å². The van der Waals surface area contributed by atoms with E-state index in [1.807, 2.05) is 20.8 Å². The number of alkyl carbamates (subject to hydrolysis) is 1. The van der Waals surface area contributed by atoms with E-state index in [-0.39, 0.29) is 6.09 Å². The fourth-order valence-corrected chi connectivity index (χ4v) is 1.58. The van der Waals surface area contributed by atoms with E-state index in [1.54, 1.807) is 7.11 Å². The summed E-state index contributed by atoms with van der Waals surface area (Å²) in [6.45, 7) is 6.26. The van der Waals surface area contributed by atoms with Crippen molar-refractivity contribution in [3.05, 3.63) is 0 Å². The molecule has 0 aliphatic heterocycles. The van der Waals surface area contributed by atoms with Crippen molar-refractivity contribution in [2.75, 3.05) is 13.7 Å². The summed E-state index contributed by atoms with van der Waals surface area (Å²) >= 11 is 0. The molecule has 1 fully saturated rings. The lowest BCUT2D eigenvalue weighted by atomic mass is 9.82. The second kappa shape index (κ2) is 4.84. The highest BCUT2D eigenvalue weighted by Crippen LogP contribution is 2.28. The Morgan fingerprint density at radius 1 is 1.40 bits per heavy atom. The zero-order valence-electron chi connectivity index (χ0n) is 10.0. The van der Waals surface area contributed by atoms with E-state index in [1.165, 1.54) is 0 Å². The van der Waals surface area contributed by atoms with Gasteiger partial charge in [0.1, 0.15) is 5.60 Å². The Morgan fingerprint density at radius 3 is 2.47 bits per heavy atom. The van der Waals surface area contributed by atoms with E-state index in [0.29, 0.717) is 18.6 Å². The number of ether oxygens (including phenoxy) is 2. The predicted octanol–water partition coefficient (Wildman–Crippen LogP) is 1.94. The topological polar surface area (TPSA) is 47.6 Å². The minimum absolute atomic E-state index is 0.330. The smallest absolute Gasteiger partial charge is 0.407 e. The molecule has 0 spiro atoms. The van der Waals surface area contributed by atoms with Crippen LogP contribution in [0, 0.1) is 5.92 Å². The molecule has 1 aliphatic carbocycles. The number of hydrogen-bond donors (Lipinski definition) is 1. The monoisotopic (exact) mass is 215 g/mol. The van der Waals surface area contributed by atoms with Crippen molar-refractivity contribution in [1.82, 2.24) is 5.32 Å². The molecule has 0 unspecified atom stereocenters. The molecule has 0 atom stereocenters. The van der Waals surface area contributed by atoms with Gasteiger partial charge in [0.15, 0.2) is 0 Å². The van der Waals surface area contributed by atoms with Crippen LogP contribution in [0.25, 0.3) is 0 Å². The minimum atomic E-state index is -0.418. The normalized spacial score (nSPS) is 25.6. The van der Waals surface area contributed by atoms with Gasteiger partial charge in [-0.25, -0.2) is 4.79 Å². The molecule has 1 saturated carbocycles. The van der Waals surface area contributed by atoms with Gasteiger partial charge in [0, 0.05) is 13.7 Å². The molecule has 0 aromatic heterocycles. The Kier molecular flexibility index (Phi) is 3.97. The van der Waals surface area contributed by atoms with Crippen molar-refractivity contribution in [1.29, 1.82) is 0 Å². The van der Waals surface area contributed by atoms with Gasteiger partial charge in [-0.05, 0) is 39.5 Å². The third-order valence-corrected chi connectivity index (χ3v) is 2.46. The Morgan fingerprint density at radius 2 is 2.00 bits per heavy atom. The maximum Gasteiger partial charge on any atom is 0.407 e. The summed E-state index contributed by atoms with van der Waals surface area (Å²) in [6.07, 6.45) is 2.12. The molecule has 0 radical (unpaired) electrons. The van der Waals surface area contributed by atoms with E-state index in [2.05, 4.69) is 5.32 Å². The molecular weight excluding hydrogens is 194 g/mol. The van der Waals surface area contributed by atoms with E-state index >= 15 is 0 Å². The standard InChI is InChI=1S/C11H21NO3/c1-11(2,3)15-10(13)12-7-8-5-9(6-8)14-4/h8-9H,5-7H2,1-4H3,(H,12,13). The number of amides is 1. The highest BCUT2D eigenvalue weighted by Gasteiger charge is 2.29. The van der Waals surface area contributed by atoms with Crippen LogP contribution in [0.3, 0.4) is 0 Å². The Balaban J connectivity index is 2.08. The van der Waals surface area contributed by atoms with Crippen LogP contribution < -0.4 is 5.32 Å². The number of carbonyl (C=O) groups is 1. The number of nitrogens with one attached hydrogen (secondary N) is 1. The summed E-state index contributed by atoms with van der Waals surface area (Å²) in [7, 11) is 1.72. The molecule has 0 aromatic carbocycles. The summed E-state index contributed by atoms with van der Waals surface area (Å²) in [5.41, 5.74) is -0.418. The van der Waals surface area contributed by atoms with Gasteiger partial charge in [-0.3, -0.25) is 0 Å². The summed E-state index contributed by atoms with van der Waals surface area (Å²) in [5.74, 6) is 0.544. The van der Waals surface area contributed by atoms with Crippen molar-refractivity contribution in [2.24, 2.45) is 5.92 Å². The zero-order valence-corrected chi connectivity index (χ0v) is 10.0. The Hall–Kier alpha value is -0.770. The Bertz CT molecular complexity index is 216. The van der Waals surface area contributed by atoms with Gasteiger partial charge in [-0.2, -0.15) is 0 Å². The lowest BCUT2D eigenvalue weighted by Crippen LogP contribution is -2.41. The van der Waals surface area contributed by atoms with Crippen molar-refractivity contribution >= 4 is 6.09 Å². The maximum atomic E-state index is 11.3. The van der Waals surface area contributed by atoms with Crippen LogP contribution in [0.2, 0.25) is 0 Å². The average Bonchev–Trinajstić information content (AvgIpc) is 1.98. The summed E-state index contributed by atoms with van der Waals surface area (Å²) in [6, 6.07) is 0. The van der Waals surface area contributed by atoms with Crippen molar-refractivity contribution in [3.63, 3.8) is 0 Å². The minimum Gasteiger partial charge on any atom is -0.444 e. The molecule has 4 heteroatoms. The molecule has 15 heavy (non-hydrogen) atoms. The first kappa shape index (κ1) is 12.3. The number of rotatable bonds is 3. The molecule has 1 rings (SSSR count). The van der Waals surface area contributed by atoms with Crippen molar-refractivity contribution < 1.29 is 14.3 Å². The van der Waals surface area contributed by atoms with E-state index < -0.39 is 5.60 Å². The van der Waals surface area contributed by atoms with Gasteiger partial charge in [0.25, 0.3) is 0 Å². The SMILES string of the molecule is COC1CC(CNC(=O)OC(C)(C)C)C1. The summed E-state index contributed by atoms with van der Waals surface area (Å²) in [5, 5.41) is 2.77. The molecule has 1 N–H and O–H groups in total. The third-order valence-electron chi connectivity index (χ3n) is 2.46. The number of carbonyl (C=O) groups excluding carboxylic acids is 1. The third kappa shape index (κ3) is 4.51. The van der Waals surface area contributed by atoms with Gasteiger partial charge in [0.05, 0.1) is 6.10 Å². The first-order chi connectivity index (χ1) is 6.90. The van der Waals surface area contributed by atoms with Crippen LogP contribution in [0.5, 0.6) is 0 Å². The lowest BCUT2D eigenvalue weighted by Gasteiger charge is -2.34. The van der Waals surface area contributed by atoms with Gasteiger partial charge in [-0.1, -0.05) is 0 Å². The molecule has 0 bridgehead atoms. The van der Waals surface area contributed by atoms with Crippen LogP contribution >= 0.6 is 0 Å². The van der Waals surface area contributed by atoms with Gasteiger partial charge < -0.3 is 14.8 Å². The van der Waals surface area contributed by atoms with Crippen LogP contribution in [-0.2, 0) is 9.47 Å². The highest BCUT2D eigenvalue weighted by atomic mass is 16.6. The molecule has 1 amide bonds. The molecule has 1 aliphatic rings. The number of methoxy groups -OCH3 is 1.